The van der Waals surface area contributed by atoms with E-state index in [1.807, 2.05) is 6.07 Å². The maximum atomic E-state index is 11.2. The molecule has 0 amide bonds. The Hall–Kier alpha value is -0.760. The largest absolute Gasteiger partial charge is 0.261 e. The van der Waals surface area contributed by atoms with Crippen LogP contribution in [0.15, 0.2) is 17.0 Å². The minimum absolute atomic E-state index is 0.0636. The van der Waals surface area contributed by atoms with Crippen molar-refractivity contribution in [1.29, 1.82) is 5.26 Å². The van der Waals surface area contributed by atoms with E-state index in [0.717, 1.165) is 0 Å². The maximum absolute atomic E-state index is 11.2. The van der Waals surface area contributed by atoms with E-state index in [0.29, 0.717) is 5.56 Å². The number of benzene rings is 1. The average molecular weight is 264 g/mol. The zero-order valence-corrected chi connectivity index (χ0v) is 10.1. The SMILES string of the molecule is Cc1ccc(S(=O)(=O)Cl)c(CCl)c1C#N. The van der Waals surface area contributed by atoms with E-state index in [9.17, 15) is 8.42 Å². The third-order valence-corrected chi connectivity index (χ3v) is 3.66. The molecule has 0 unspecified atom stereocenters. The summed E-state index contributed by atoms with van der Waals surface area (Å²) in [5, 5.41) is 8.87. The molecule has 0 N–H and O–H groups in total. The zero-order valence-electron chi connectivity index (χ0n) is 7.79. The maximum Gasteiger partial charge on any atom is 0.261 e. The number of hydrogen-bond donors (Lipinski definition) is 0. The van der Waals surface area contributed by atoms with Crippen LogP contribution in [-0.4, -0.2) is 8.42 Å². The summed E-state index contributed by atoms with van der Waals surface area (Å²) in [5.74, 6) is -0.0636. The Morgan fingerprint density at radius 3 is 2.47 bits per heavy atom. The highest BCUT2D eigenvalue weighted by Gasteiger charge is 2.19. The first-order chi connectivity index (χ1) is 6.91. The molecule has 0 saturated carbocycles. The number of alkyl halides is 1. The Bertz CT molecular complexity index is 532. The minimum Gasteiger partial charge on any atom is -0.207 e. The van der Waals surface area contributed by atoms with Crippen molar-refractivity contribution in [2.45, 2.75) is 17.7 Å². The summed E-state index contributed by atoms with van der Waals surface area (Å²) < 4.78 is 22.4. The number of nitriles is 1. The van der Waals surface area contributed by atoms with Gasteiger partial charge in [-0.25, -0.2) is 8.42 Å². The van der Waals surface area contributed by atoms with E-state index in [2.05, 4.69) is 0 Å². The molecule has 0 saturated heterocycles. The Labute approximate surface area is 97.7 Å². The van der Waals surface area contributed by atoms with Crippen molar-refractivity contribution in [3.8, 4) is 6.07 Å². The van der Waals surface area contributed by atoms with Crippen LogP contribution >= 0.6 is 22.3 Å². The predicted molar refractivity (Wildman–Crippen MR) is 58.5 cm³/mol. The van der Waals surface area contributed by atoms with Gasteiger partial charge in [0.25, 0.3) is 9.05 Å². The molecule has 0 spiro atoms. The lowest BCUT2D eigenvalue weighted by Gasteiger charge is -2.07. The van der Waals surface area contributed by atoms with Crippen molar-refractivity contribution in [2.24, 2.45) is 0 Å². The molecule has 0 aromatic heterocycles. The van der Waals surface area contributed by atoms with Gasteiger partial charge in [-0.05, 0) is 18.6 Å². The van der Waals surface area contributed by atoms with Gasteiger partial charge in [-0.1, -0.05) is 6.07 Å². The third-order valence-electron chi connectivity index (χ3n) is 1.99. The number of hydrogen-bond acceptors (Lipinski definition) is 3. The number of aryl methyl sites for hydroxylation is 1. The summed E-state index contributed by atoms with van der Waals surface area (Å²) in [7, 11) is 1.37. The fourth-order valence-corrected chi connectivity index (χ4v) is 2.75. The first-order valence-corrected chi connectivity index (χ1v) is 6.79. The molecule has 15 heavy (non-hydrogen) atoms. The molecular weight excluding hydrogens is 257 g/mol. The van der Waals surface area contributed by atoms with Gasteiger partial charge < -0.3 is 0 Å². The van der Waals surface area contributed by atoms with Crippen LogP contribution in [0.25, 0.3) is 0 Å². The quantitative estimate of drug-likeness (QED) is 0.609. The molecule has 80 valence electrons. The summed E-state index contributed by atoms with van der Waals surface area (Å²) >= 11 is 5.62. The highest BCUT2D eigenvalue weighted by Crippen LogP contribution is 2.26. The van der Waals surface area contributed by atoms with Gasteiger partial charge in [0.2, 0.25) is 0 Å². The van der Waals surface area contributed by atoms with Crippen LogP contribution in [0.3, 0.4) is 0 Å². The van der Waals surface area contributed by atoms with Gasteiger partial charge in [-0.15, -0.1) is 11.6 Å². The monoisotopic (exact) mass is 263 g/mol. The molecule has 1 aromatic carbocycles. The second kappa shape index (κ2) is 4.40. The lowest BCUT2D eigenvalue weighted by Crippen LogP contribution is -2.01. The molecule has 0 fully saturated rings. The highest BCUT2D eigenvalue weighted by molar-refractivity contribution is 8.13. The van der Waals surface area contributed by atoms with Gasteiger partial charge >= 0.3 is 0 Å². The normalized spacial score (nSPS) is 11.1. The molecule has 1 rings (SSSR count). The van der Waals surface area contributed by atoms with Crippen LogP contribution < -0.4 is 0 Å². The van der Waals surface area contributed by atoms with Crippen molar-refractivity contribution in [3.05, 3.63) is 28.8 Å². The van der Waals surface area contributed by atoms with Crippen molar-refractivity contribution in [1.82, 2.24) is 0 Å². The van der Waals surface area contributed by atoms with E-state index >= 15 is 0 Å². The number of nitrogens with zero attached hydrogens (tertiary/aromatic N) is 1. The molecule has 0 aliphatic carbocycles. The van der Waals surface area contributed by atoms with Crippen molar-refractivity contribution >= 4 is 31.3 Å². The summed E-state index contributed by atoms with van der Waals surface area (Å²) in [4.78, 5) is -0.0960. The summed E-state index contributed by atoms with van der Waals surface area (Å²) in [6.07, 6.45) is 0. The van der Waals surface area contributed by atoms with Gasteiger partial charge in [-0.2, -0.15) is 5.26 Å². The Morgan fingerprint density at radius 2 is 2.07 bits per heavy atom. The van der Waals surface area contributed by atoms with Gasteiger partial charge in [0.15, 0.2) is 0 Å². The first-order valence-electron chi connectivity index (χ1n) is 3.95. The van der Waals surface area contributed by atoms with Crippen molar-refractivity contribution in [3.63, 3.8) is 0 Å². The highest BCUT2D eigenvalue weighted by atomic mass is 35.7. The van der Waals surface area contributed by atoms with Gasteiger partial charge in [0.05, 0.1) is 22.4 Å². The molecule has 1 aromatic rings. The van der Waals surface area contributed by atoms with Crippen LogP contribution in [0, 0.1) is 18.3 Å². The van der Waals surface area contributed by atoms with E-state index in [1.165, 1.54) is 12.1 Å². The van der Waals surface area contributed by atoms with E-state index in [1.54, 1.807) is 6.92 Å². The van der Waals surface area contributed by atoms with Crippen LogP contribution in [0.5, 0.6) is 0 Å². The molecule has 6 heteroatoms. The molecule has 0 aliphatic rings. The lowest BCUT2D eigenvalue weighted by atomic mass is 10.0. The molecular formula is C9H7Cl2NO2S. The standard InChI is InChI=1S/C9H7Cl2NO2S/c1-6-2-3-9(15(11,13)14)7(4-10)8(6)5-12/h2-3H,4H2,1H3. The molecule has 0 aliphatic heterocycles. The van der Waals surface area contributed by atoms with E-state index < -0.39 is 9.05 Å². The minimum atomic E-state index is -3.86. The topological polar surface area (TPSA) is 57.9 Å². The van der Waals surface area contributed by atoms with Crippen molar-refractivity contribution in [2.75, 3.05) is 0 Å². The van der Waals surface area contributed by atoms with Crippen LogP contribution in [0.1, 0.15) is 16.7 Å². The van der Waals surface area contributed by atoms with Gasteiger partial charge in [-0.3, -0.25) is 0 Å². The van der Waals surface area contributed by atoms with Crippen LogP contribution in [-0.2, 0) is 14.9 Å². The van der Waals surface area contributed by atoms with E-state index in [-0.39, 0.29) is 21.9 Å². The van der Waals surface area contributed by atoms with E-state index in [4.69, 9.17) is 27.5 Å². The second-order valence-corrected chi connectivity index (χ2v) is 5.72. The summed E-state index contributed by atoms with van der Waals surface area (Å²) in [5.41, 5.74) is 1.21. The number of rotatable bonds is 2. The van der Waals surface area contributed by atoms with Gasteiger partial charge in [0, 0.05) is 16.2 Å². The summed E-state index contributed by atoms with van der Waals surface area (Å²) in [6, 6.07) is 4.81. The Kier molecular flexibility index (Phi) is 3.61. The smallest absolute Gasteiger partial charge is 0.207 e. The fraction of sp³-hybridized carbons (Fsp3) is 0.222. The molecule has 0 radical (unpaired) electrons. The predicted octanol–water partition coefficient (Wildman–Crippen LogP) is 2.53. The summed E-state index contributed by atoms with van der Waals surface area (Å²) in [6.45, 7) is 1.71. The van der Waals surface area contributed by atoms with Crippen molar-refractivity contribution < 1.29 is 8.42 Å². The second-order valence-electron chi connectivity index (χ2n) is 2.92. The molecule has 0 bridgehead atoms. The molecule has 0 heterocycles. The average Bonchev–Trinajstić information content (AvgIpc) is 2.15. The van der Waals surface area contributed by atoms with Crippen LogP contribution in [0.2, 0.25) is 0 Å². The van der Waals surface area contributed by atoms with Gasteiger partial charge in [0.1, 0.15) is 0 Å². The van der Waals surface area contributed by atoms with Crippen LogP contribution in [0.4, 0.5) is 0 Å². The Balaban J connectivity index is 3.66. The zero-order chi connectivity index (χ0) is 11.6. The third kappa shape index (κ3) is 2.43. The molecule has 3 nitrogen and oxygen atoms in total. The Morgan fingerprint density at radius 1 is 1.47 bits per heavy atom. The molecule has 0 atom stereocenters. The fourth-order valence-electron chi connectivity index (χ4n) is 1.26. The lowest BCUT2D eigenvalue weighted by molar-refractivity contribution is 0.609. The first kappa shape index (κ1) is 12.3. The number of halogens is 2.